The van der Waals surface area contributed by atoms with Crippen LogP contribution in [-0.4, -0.2) is 60.3 Å². The van der Waals surface area contributed by atoms with Gasteiger partial charge in [-0.3, -0.25) is 4.72 Å². The van der Waals surface area contributed by atoms with Crippen molar-refractivity contribution in [1.82, 2.24) is 24.6 Å². The van der Waals surface area contributed by atoms with Gasteiger partial charge in [-0.25, -0.2) is 27.5 Å². The van der Waals surface area contributed by atoms with E-state index in [4.69, 9.17) is 27.2 Å². The molecule has 0 atom stereocenters. The summed E-state index contributed by atoms with van der Waals surface area (Å²) in [5.74, 6) is -0.318. The molecule has 13 heteroatoms. The summed E-state index contributed by atoms with van der Waals surface area (Å²) in [6.07, 6.45) is 3.06. The smallest absolute Gasteiger partial charge is 0.262 e. The second kappa shape index (κ2) is 9.77. The van der Waals surface area contributed by atoms with Crippen LogP contribution in [0.15, 0.2) is 47.6 Å². The second-order valence-corrected chi connectivity index (χ2v) is 10.9. The number of hydrogen-bond acceptors (Lipinski definition) is 8. The van der Waals surface area contributed by atoms with E-state index in [2.05, 4.69) is 26.6 Å². The van der Waals surface area contributed by atoms with E-state index in [0.29, 0.717) is 16.8 Å². The molecule has 1 aliphatic heterocycles. The molecule has 0 unspecified atom stereocenters. The van der Waals surface area contributed by atoms with Crippen molar-refractivity contribution in [3.05, 3.63) is 53.6 Å². The van der Waals surface area contributed by atoms with E-state index in [0.717, 1.165) is 25.9 Å². The molecule has 37 heavy (non-hydrogen) atoms. The Bertz CT molecular complexity index is 1590. The van der Waals surface area contributed by atoms with Gasteiger partial charge in [-0.15, -0.1) is 0 Å². The van der Waals surface area contributed by atoms with Crippen molar-refractivity contribution in [1.29, 1.82) is 0 Å². The first-order valence-corrected chi connectivity index (χ1v) is 13.4. The lowest BCUT2D eigenvalue weighted by atomic mass is 10.1. The largest absolute Gasteiger partial charge is 0.495 e. The highest BCUT2D eigenvalue weighted by Crippen LogP contribution is 2.37. The monoisotopic (exact) mass is 545 g/mol. The maximum absolute atomic E-state index is 15.9. The minimum atomic E-state index is -4.16. The van der Waals surface area contributed by atoms with Crippen molar-refractivity contribution in [2.75, 3.05) is 37.7 Å². The summed E-state index contributed by atoms with van der Waals surface area (Å²) in [5, 5.41) is 5.25. The van der Waals surface area contributed by atoms with Crippen LogP contribution < -0.4 is 15.2 Å². The SMILES string of the molecule is COc1ccc(S(=O)(=O)Nc2cccc(-c3nn(C4CCN(C)CC4)c4ncnc(N)c34)c2F)cc1Cl. The highest BCUT2D eigenvalue weighted by Gasteiger charge is 2.27. The van der Waals surface area contributed by atoms with E-state index in [-0.39, 0.29) is 38.7 Å². The van der Waals surface area contributed by atoms with Gasteiger partial charge in [-0.05, 0) is 63.3 Å². The molecule has 0 saturated carbocycles. The van der Waals surface area contributed by atoms with E-state index in [1.165, 1.54) is 49.8 Å². The molecular weight excluding hydrogens is 521 g/mol. The number of nitrogens with zero attached hydrogens (tertiary/aromatic N) is 5. The van der Waals surface area contributed by atoms with Crippen molar-refractivity contribution < 1.29 is 17.5 Å². The molecule has 4 aromatic rings. The number of piperidine rings is 1. The van der Waals surface area contributed by atoms with Crippen LogP contribution in [0.3, 0.4) is 0 Å². The van der Waals surface area contributed by atoms with Crippen molar-refractivity contribution in [3.63, 3.8) is 0 Å². The predicted molar refractivity (Wildman–Crippen MR) is 140 cm³/mol. The molecule has 2 aromatic heterocycles. The molecule has 1 aliphatic rings. The summed E-state index contributed by atoms with van der Waals surface area (Å²) in [5.41, 5.74) is 6.78. The lowest BCUT2D eigenvalue weighted by molar-refractivity contribution is 0.215. The molecule has 0 aliphatic carbocycles. The maximum Gasteiger partial charge on any atom is 0.262 e. The number of benzene rings is 2. The maximum atomic E-state index is 15.9. The van der Waals surface area contributed by atoms with Crippen molar-refractivity contribution in [2.24, 2.45) is 0 Å². The van der Waals surface area contributed by atoms with E-state index in [9.17, 15) is 8.42 Å². The van der Waals surface area contributed by atoms with Crippen LogP contribution in [0.5, 0.6) is 5.75 Å². The van der Waals surface area contributed by atoms with Crippen LogP contribution in [0.4, 0.5) is 15.9 Å². The van der Waals surface area contributed by atoms with Gasteiger partial charge in [0.1, 0.15) is 23.6 Å². The number of anilines is 2. The molecule has 3 N–H and O–H groups in total. The molecular formula is C24H25ClFN7O3S. The predicted octanol–water partition coefficient (Wildman–Crippen LogP) is 3.94. The first-order chi connectivity index (χ1) is 17.7. The zero-order chi connectivity index (χ0) is 26.3. The fourth-order valence-electron chi connectivity index (χ4n) is 4.49. The molecule has 10 nitrogen and oxygen atoms in total. The number of nitrogen functional groups attached to an aromatic ring is 1. The Morgan fingerprint density at radius 1 is 1.19 bits per heavy atom. The Balaban J connectivity index is 1.56. The Hall–Kier alpha value is -3.48. The third-order valence-corrected chi connectivity index (χ3v) is 8.14. The number of halogens is 2. The van der Waals surface area contributed by atoms with Gasteiger partial charge < -0.3 is 15.4 Å². The Kier molecular flexibility index (Phi) is 6.65. The molecule has 0 bridgehead atoms. The molecule has 1 saturated heterocycles. The van der Waals surface area contributed by atoms with Crippen LogP contribution >= 0.6 is 11.6 Å². The highest BCUT2D eigenvalue weighted by molar-refractivity contribution is 7.92. The van der Waals surface area contributed by atoms with Gasteiger partial charge >= 0.3 is 0 Å². The van der Waals surface area contributed by atoms with E-state index >= 15 is 4.39 Å². The van der Waals surface area contributed by atoms with Gasteiger partial charge in [0.2, 0.25) is 0 Å². The standard InChI is InChI=1S/C24H25ClFN7O3S/c1-32-10-8-14(9-11-32)33-24-20(23(27)28-13-29-24)22(30-33)16-4-3-5-18(21(16)26)31-37(34,35)15-6-7-19(36-2)17(25)12-15/h3-7,12-14,31H,8-11H2,1-2H3,(H2,27,28,29). The van der Waals surface area contributed by atoms with Gasteiger partial charge in [-0.1, -0.05) is 17.7 Å². The van der Waals surface area contributed by atoms with Crippen LogP contribution in [-0.2, 0) is 10.0 Å². The number of ether oxygens (including phenoxy) is 1. The topological polar surface area (TPSA) is 128 Å². The van der Waals surface area contributed by atoms with Gasteiger partial charge in [0.25, 0.3) is 10.0 Å². The fourth-order valence-corrected chi connectivity index (χ4v) is 5.90. The molecule has 0 radical (unpaired) electrons. The second-order valence-electron chi connectivity index (χ2n) is 8.85. The number of hydrogen-bond donors (Lipinski definition) is 2. The Morgan fingerprint density at radius 2 is 1.95 bits per heavy atom. The zero-order valence-corrected chi connectivity index (χ0v) is 21.7. The summed E-state index contributed by atoms with van der Waals surface area (Å²) in [6.45, 7) is 1.78. The molecule has 2 aromatic carbocycles. The minimum Gasteiger partial charge on any atom is -0.495 e. The quantitative estimate of drug-likeness (QED) is 0.373. The number of fused-ring (bicyclic) bond motifs is 1. The summed E-state index contributed by atoms with van der Waals surface area (Å²) in [7, 11) is -0.679. The van der Waals surface area contributed by atoms with Gasteiger partial charge in [0.15, 0.2) is 11.5 Å². The lowest BCUT2D eigenvalue weighted by Gasteiger charge is -2.29. The van der Waals surface area contributed by atoms with Gasteiger partial charge in [-0.2, -0.15) is 5.10 Å². The highest BCUT2D eigenvalue weighted by atomic mass is 35.5. The summed E-state index contributed by atoms with van der Waals surface area (Å²) < 4.78 is 51.1. The van der Waals surface area contributed by atoms with Gasteiger partial charge in [0.05, 0.1) is 34.1 Å². The average molecular weight is 546 g/mol. The summed E-state index contributed by atoms with van der Waals surface area (Å²) in [6, 6.07) is 8.43. The van der Waals surface area contributed by atoms with Crippen molar-refractivity contribution in [2.45, 2.75) is 23.8 Å². The number of nitrogens with one attached hydrogen (secondary N) is 1. The minimum absolute atomic E-state index is 0.0614. The lowest BCUT2D eigenvalue weighted by Crippen LogP contribution is -2.32. The third kappa shape index (κ3) is 4.67. The van der Waals surface area contributed by atoms with Crippen LogP contribution in [0.25, 0.3) is 22.3 Å². The fraction of sp³-hybridized carbons (Fsp3) is 0.292. The summed E-state index contributed by atoms with van der Waals surface area (Å²) in [4.78, 5) is 10.6. The van der Waals surface area contributed by atoms with Crippen LogP contribution in [0.2, 0.25) is 5.02 Å². The Labute approximate surface area is 218 Å². The van der Waals surface area contributed by atoms with Gasteiger partial charge in [0, 0.05) is 5.56 Å². The first kappa shape index (κ1) is 25.2. The normalized spacial score (nSPS) is 15.2. The number of likely N-dealkylation sites (tertiary alicyclic amines) is 1. The molecule has 194 valence electrons. The number of sulfonamides is 1. The number of methoxy groups -OCH3 is 1. The van der Waals surface area contributed by atoms with E-state index < -0.39 is 15.8 Å². The third-order valence-electron chi connectivity index (χ3n) is 6.48. The Morgan fingerprint density at radius 3 is 2.65 bits per heavy atom. The molecule has 5 rings (SSSR count). The summed E-state index contributed by atoms with van der Waals surface area (Å²) >= 11 is 6.09. The molecule has 1 fully saturated rings. The number of nitrogens with two attached hydrogens (primary N) is 1. The van der Waals surface area contributed by atoms with Crippen LogP contribution in [0.1, 0.15) is 18.9 Å². The zero-order valence-electron chi connectivity index (χ0n) is 20.1. The molecule has 0 amide bonds. The number of rotatable bonds is 6. The average Bonchev–Trinajstić information content (AvgIpc) is 3.26. The van der Waals surface area contributed by atoms with E-state index in [1.807, 2.05) is 0 Å². The van der Waals surface area contributed by atoms with Crippen LogP contribution in [0, 0.1) is 5.82 Å². The van der Waals surface area contributed by atoms with E-state index in [1.54, 1.807) is 4.68 Å². The first-order valence-electron chi connectivity index (χ1n) is 11.5. The number of aromatic nitrogens is 4. The van der Waals surface area contributed by atoms with Crippen molar-refractivity contribution >= 4 is 44.2 Å². The molecule has 3 heterocycles. The molecule has 0 spiro atoms. The van der Waals surface area contributed by atoms with Crippen molar-refractivity contribution in [3.8, 4) is 17.0 Å².